The lowest BCUT2D eigenvalue weighted by Gasteiger charge is -2.40. The number of carboxylic acid groups (broad SMARTS) is 1. The Morgan fingerprint density at radius 3 is 2.72 bits per heavy atom. The maximum Gasteiger partial charge on any atom is 0.325 e. The van der Waals surface area contributed by atoms with E-state index in [2.05, 4.69) is 24.0 Å². The van der Waals surface area contributed by atoms with Crippen molar-refractivity contribution in [3.63, 3.8) is 0 Å². The van der Waals surface area contributed by atoms with Gasteiger partial charge in [0, 0.05) is 12.6 Å². The molecule has 1 aliphatic heterocycles. The highest BCUT2D eigenvalue weighted by Gasteiger charge is 2.39. The third-order valence-electron chi connectivity index (χ3n) is 3.81. The van der Waals surface area contributed by atoms with Crippen LogP contribution >= 0.6 is 0 Å². The minimum atomic E-state index is -1.10. The van der Waals surface area contributed by atoms with Crippen LogP contribution in [0.2, 0.25) is 0 Å². The molecule has 1 aromatic rings. The number of rotatable bonds is 3. The third kappa shape index (κ3) is 2.54. The molecule has 2 unspecified atom stereocenters. The van der Waals surface area contributed by atoms with Crippen molar-refractivity contribution in [2.45, 2.75) is 31.3 Å². The number of carboxylic acids is 1. The van der Waals surface area contributed by atoms with E-state index in [1.165, 1.54) is 5.56 Å². The molecule has 3 N–H and O–H groups in total. The van der Waals surface area contributed by atoms with E-state index in [-0.39, 0.29) is 6.04 Å². The Balaban J connectivity index is 2.12. The van der Waals surface area contributed by atoms with Crippen LogP contribution in [0, 0.1) is 0 Å². The topological polar surface area (TPSA) is 66.6 Å². The average molecular weight is 248 g/mol. The first-order chi connectivity index (χ1) is 8.53. The normalized spacial score (nSPS) is 26.8. The SMILES string of the molecule is CC(c1ccccc1)N1CCCC(N)(C(=O)O)C1. The van der Waals surface area contributed by atoms with Crippen molar-refractivity contribution in [2.24, 2.45) is 5.73 Å². The molecule has 98 valence electrons. The van der Waals surface area contributed by atoms with Gasteiger partial charge in [-0.2, -0.15) is 0 Å². The van der Waals surface area contributed by atoms with Gasteiger partial charge in [-0.25, -0.2) is 0 Å². The van der Waals surface area contributed by atoms with E-state index in [9.17, 15) is 9.90 Å². The van der Waals surface area contributed by atoms with Crippen LogP contribution < -0.4 is 5.73 Å². The molecule has 0 spiro atoms. The van der Waals surface area contributed by atoms with Gasteiger partial charge in [-0.15, -0.1) is 0 Å². The van der Waals surface area contributed by atoms with Crippen molar-refractivity contribution in [1.82, 2.24) is 4.90 Å². The van der Waals surface area contributed by atoms with E-state index in [1.807, 2.05) is 18.2 Å². The molecule has 2 atom stereocenters. The van der Waals surface area contributed by atoms with Gasteiger partial charge in [-0.05, 0) is 31.9 Å². The lowest BCUT2D eigenvalue weighted by atomic mass is 9.89. The number of piperidine rings is 1. The summed E-state index contributed by atoms with van der Waals surface area (Å²) in [5, 5.41) is 9.22. The van der Waals surface area contributed by atoms with Crippen LogP contribution in [0.3, 0.4) is 0 Å². The zero-order valence-corrected chi connectivity index (χ0v) is 10.7. The summed E-state index contributed by atoms with van der Waals surface area (Å²) in [5.74, 6) is -0.896. The van der Waals surface area contributed by atoms with Gasteiger partial charge in [0.05, 0.1) is 0 Å². The average Bonchev–Trinajstić information content (AvgIpc) is 2.39. The van der Waals surface area contributed by atoms with Gasteiger partial charge in [0.25, 0.3) is 0 Å². The molecule has 1 aliphatic rings. The Morgan fingerprint density at radius 2 is 2.11 bits per heavy atom. The van der Waals surface area contributed by atoms with E-state index in [0.29, 0.717) is 13.0 Å². The van der Waals surface area contributed by atoms with Gasteiger partial charge in [-0.1, -0.05) is 30.3 Å². The molecule has 4 heteroatoms. The quantitative estimate of drug-likeness (QED) is 0.853. The molecule has 1 fully saturated rings. The molecule has 0 aliphatic carbocycles. The van der Waals surface area contributed by atoms with Gasteiger partial charge >= 0.3 is 5.97 Å². The molecule has 0 bridgehead atoms. The van der Waals surface area contributed by atoms with Crippen LogP contribution in [0.25, 0.3) is 0 Å². The maximum atomic E-state index is 11.2. The second-order valence-corrected chi connectivity index (χ2v) is 5.12. The second-order valence-electron chi connectivity index (χ2n) is 5.12. The van der Waals surface area contributed by atoms with Crippen LogP contribution in [-0.4, -0.2) is 34.6 Å². The van der Waals surface area contributed by atoms with Crippen LogP contribution in [0.5, 0.6) is 0 Å². The number of benzene rings is 1. The van der Waals surface area contributed by atoms with Gasteiger partial charge in [0.15, 0.2) is 0 Å². The molecular weight excluding hydrogens is 228 g/mol. The van der Waals surface area contributed by atoms with Gasteiger partial charge in [-0.3, -0.25) is 9.69 Å². The summed E-state index contributed by atoms with van der Waals surface area (Å²) in [5.41, 5.74) is 6.07. The molecule has 0 amide bonds. The van der Waals surface area contributed by atoms with Crippen molar-refractivity contribution in [3.8, 4) is 0 Å². The molecule has 1 saturated heterocycles. The predicted molar refractivity (Wildman–Crippen MR) is 70.2 cm³/mol. The van der Waals surface area contributed by atoms with Crippen molar-refractivity contribution >= 4 is 5.97 Å². The minimum Gasteiger partial charge on any atom is -0.480 e. The fourth-order valence-corrected chi connectivity index (χ4v) is 2.57. The molecule has 0 radical (unpaired) electrons. The van der Waals surface area contributed by atoms with Crippen LogP contribution in [-0.2, 0) is 4.79 Å². The van der Waals surface area contributed by atoms with Crippen molar-refractivity contribution in [3.05, 3.63) is 35.9 Å². The number of aliphatic carboxylic acids is 1. The molecule has 1 heterocycles. The first-order valence-electron chi connectivity index (χ1n) is 6.34. The van der Waals surface area contributed by atoms with Crippen LogP contribution in [0.1, 0.15) is 31.4 Å². The Kier molecular flexibility index (Phi) is 3.68. The Morgan fingerprint density at radius 1 is 1.44 bits per heavy atom. The van der Waals surface area contributed by atoms with Crippen molar-refractivity contribution in [1.29, 1.82) is 0 Å². The van der Waals surface area contributed by atoms with Gasteiger partial charge in [0.1, 0.15) is 5.54 Å². The molecule has 18 heavy (non-hydrogen) atoms. The van der Waals surface area contributed by atoms with Crippen LogP contribution in [0.15, 0.2) is 30.3 Å². The fraction of sp³-hybridized carbons (Fsp3) is 0.500. The highest BCUT2D eigenvalue weighted by Crippen LogP contribution is 2.27. The maximum absolute atomic E-state index is 11.2. The third-order valence-corrected chi connectivity index (χ3v) is 3.81. The van der Waals surface area contributed by atoms with Crippen LogP contribution in [0.4, 0.5) is 0 Å². The second kappa shape index (κ2) is 5.08. The molecule has 2 rings (SSSR count). The monoisotopic (exact) mass is 248 g/mol. The summed E-state index contributed by atoms with van der Waals surface area (Å²) in [6, 6.07) is 10.3. The van der Waals surface area contributed by atoms with E-state index in [1.54, 1.807) is 0 Å². The molecular formula is C14H20N2O2. The molecule has 1 aromatic carbocycles. The smallest absolute Gasteiger partial charge is 0.325 e. The molecule has 0 aromatic heterocycles. The molecule has 4 nitrogen and oxygen atoms in total. The number of hydrogen-bond acceptors (Lipinski definition) is 3. The Hall–Kier alpha value is -1.39. The number of nitrogens with zero attached hydrogens (tertiary/aromatic N) is 1. The minimum absolute atomic E-state index is 0.203. The van der Waals surface area contributed by atoms with Crippen molar-refractivity contribution in [2.75, 3.05) is 13.1 Å². The Labute approximate surface area is 107 Å². The number of hydrogen-bond donors (Lipinski definition) is 2. The van der Waals surface area contributed by atoms with Crippen molar-refractivity contribution < 1.29 is 9.90 Å². The van der Waals surface area contributed by atoms with Gasteiger partial charge in [0.2, 0.25) is 0 Å². The van der Waals surface area contributed by atoms with E-state index < -0.39 is 11.5 Å². The summed E-state index contributed by atoms with van der Waals surface area (Å²) < 4.78 is 0. The zero-order chi connectivity index (χ0) is 13.2. The summed E-state index contributed by atoms with van der Waals surface area (Å²) in [4.78, 5) is 13.4. The largest absolute Gasteiger partial charge is 0.480 e. The standard InChI is InChI=1S/C14H20N2O2/c1-11(12-6-3-2-4-7-12)16-9-5-8-14(15,10-16)13(17)18/h2-4,6-7,11H,5,8-10,15H2,1H3,(H,17,18). The summed E-state index contributed by atoms with van der Waals surface area (Å²) in [6.45, 7) is 3.42. The van der Waals surface area contributed by atoms with Gasteiger partial charge < -0.3 is 10.8 Å². The summed E-state index contributed by atoms with van der Waals surface area (Å²) >= 11 is 0. The van der Waals surface area contributed by atoms with E-state index in [4.69, 9.17) is 5.73 Å². The highest BCUT2D eigenvalue weighted by atomic mass is 16.4. The summed E-state index contributed by atoms with van der Waals surface area (Å²) in [7, 11) is 0. The lowest BCUT2D eigenvalue weighted by Crippen LogP contribution is -2.59. The lowest BCUT2D eigenvalue weighted by molar-refractivity contribution is -0.145. The first-order valence-corrected chi connectivity index (χ1v) is 6.34. The fourth-order valence-electron chi connectivity index (χ4n) is 2.57. The number of nitrogens with two attached hydrogens (primary N) is 1. The summed E-state index contributed by atoms with van der Waals surface area (Å²) in [6.07, 6.45) is 1.39. The Bertz CT molecular complexity index is 421. The highest BCUT2D eigenvalue weighted by molar-refractivity contribution is 5.79. The predicted octanol–water partition coefficient (Wildman–Crippen LogP) is 1.63. The zero-order valence-electron chi connectivity index (χ0n) is 10.7. The van der Waals surface area contributed by atoms with E-state index >= 15 is 0 Å². The number of likely N-dealkylation sites (tertiary alicyclic amines) is 1. The first kappa shape index (κ1) is 13.1. The van der Waals surface area contributed by atoms with E-state index in [0.717, 1.165) is 13.0 Å². The number of carbonyl (C=O) groups is 1. The molecule has 0 saturated carbocycles.